The molecule has 0 bridgehead atoms. The summed E-state index contributed by atoms with van der Waals surface area (Å²) in [5.41, 5.74) is 4.21. The van der Waals surface area contributed by atoms with Crippen LogP contribution in [0.3, 0.4) is 0 Å². The van der Waals surface area contributed by atoms with E-state index >= 15 is 0 Å². The lowest BCUT2D eigenvalue weighted by Crippen LogP contribution is -2.29. The first-order valence-corrected chi connectivity index (χ1v) is 9.48. The number of amides is 3. The molecule has 144 valence electrons. The number of carbonyl (C=O) groups excluding carboxylic acids is 3. The Kier molecular flexibility index (Phi) is 4.72. The maximum absolute atomic E-state index is 12.9. The third-order valence-electron chi connectivity index (χ3n) is 5.09. The Morgan fingerprint density at radius 3 is 2.31 bits per heavy atom. The predicted molar refractivity (Wildman–Crippen MR) is 113 cm³/mol. The smallest absolute Gasteiger partial charge is 0.266 e. The number of hydrogen-bond donors (Lipinski definition) is 1. The molecule has 1 aliphatic heterocycles. The molecule has 1 aliphatic rings. The van der Waals surface area contributed by atoms with Gasteiger partial charge in [-0.1, -0.05) is 42.8 Å². The van der Waals surface area contributed by atoms with Gasteiger partial charge in [0.15, 0.2) is 0 Å². The maximum atomic E-state index is 12.9. The topological polar surface area (TPSA) is 66.5 Å². The summed E-state index contributed by atoms with van der Waals surface area (Å²) in [5.74, 6) is -1.11. The van der Waals surface area contributed by atoms with Gasteiger partial charge in [0.25, 0.3) is 17.7 Å². The van der Waals surface area contributed by atoms with Gasteiger partial charge >= 0.3 is 0 Å². The first kappa shape index (κ1) is 18.6. The molecule has 29 heavy (non-hydrogen) atoms. The van der Waals surface area contributed by atoms with E-state index in [0.717, 1.165) is 28.1 Å². The van der Waals surface area contributed by atoms with Gasteiger partial charge in [0.1, 0.15) is 0 Å². The van der Waals surface area contributed by atoms with Gasteiger partial charge in [-0.3, -0.25) is 14.4 Å². The number of aryl methyl sites for hydroxylation is 2. The van der Waals surface area contributed by atoms with Gasteiger partial charge in [-0.25, -0.2) is 4.90 Å². The number of imide groups is 1. The Morgan fingerprint density at radius 2 is 1.59 bits per heavy atom. The van der Waals surface area contributed by atoms with E-state index in [1.807, 2.05) is 50.2 Å². The molecule has 3 amide bonds. The first-order valence-electron chi connectivity index (χ1n) is 9.48. The average molecular weight is 384 g/mol. The van der Waals surface area contributed by atoms with Crippen molar-refractivity contribution in [2.75, 3.05) is 10.2 Å². The normalized spacial score (nSPS) is 12.8. The van der Waals surface area contributed by atoms with Crippen molar-refractivity contribution >= 4 is 29.1 Å². The van der Waals surface area contributed by atoms with Crippen LogP contribution in [0.25, 0.3) is 0 Å². The molecule has 0 radical (unpaired) electrons. The summed E-state index contributed by atoms with van der Waals surface area (Å²) in [4.78, 5) is 39.5. The van der Waals surface area contributed by atoms with Crippen LogP contribution >= 0.6 is 0 Å². The Balaban J connectivity index is 1.63. The minimum absolute atomic E-state index is 0.243. The standard InChI is InChI=1S/C24H20N2O3/c1-3-16-6-4-5-7-21(16)25-22(27)17-10-13-19-20(14-17)24(29)26(23(19)28)18-11-8-15(2)9-12-18/h4-14H,3H2,1-2H3,(H,25,27). The van der Waals surface area contributed by atoms with Gasteiger partial charge < -0.3 is 5.32 Å². The van der Waals surface area contributed by atoms with Crippen LogP contribution < -0.4 is 10.2 Å². The number of nitrogens with zero attached hydrogens (tertiary/aromatic N) is 1. The van der Waals surface area contributed by atoms with Crippen LogP contribution in [0, 0.1) is 6.92 Å². The lowest BCUT2D eigenvalue weighted by molar-refractivity contribution is 0.0925. The van der Waals surface area contributed by atoms with Crippen molar-refractivity contribution in [1.82, 2.24) is 0 Å². The SMILES string of the molecule is CCc1ccccc1NC(=O)c1ccc2c(c1)C(=O)N(c1ccc(C)cc1)C2=O. The van der Waals surface area contributed by atoms with Gasteiger partial charge in [-0.15, -0.1) is 0 Å². The summed E-state index contributed by atoms with van der Waals surface area (Å²) >= 11 is 0. The number of rotatable bonds is 4. The summed E-state index contributed by atoms with van der Waals surface area (Å²) in [6, 6.07) is 19.4. The molecule has 0 atom stereocenters. The van der Waals surface area contributed by atoms with Gasteiger partial charge in [-0.2, -0.15) is 0 Å². The van der Waals surface area contributed by atoms with Crippen molar-refractivity contribution in [1.29, 1.82) is 0 Å². The first-order chi connectivity index (χ1) is 14.0. The number of benzene rings is 3. The summed E-state index contributed by atoms with van der Waals surface area (Å²) < 4.78 is 0. The molecule has 0 fully saturated rings. The molecule has 0 aromatic heterocycles. The fourth-order valence-corrected chi connectivity index (χ4v) is 3.46. The van der Waals surface area contributed by atoms with Crippen LogP contribution in [-0.4, -0.2) is 17.7 Å². The van der Waals surface area contributed by atoms with Crippen LogP contribution in [0.15, 0.2) is 66.7 Å². The fraction of sp³-hybridized carbons (Fsp3) is 0.125. The molecule has 5 heteroatoms. The van der Waals surface area contributed by atoms with E-state index in [-0.39, 0.29) is 17.4 Å². The number of para-hydroxylation sites is 1. The molecule has 1 N–H and O–H groups in total. The third kappa shape index (κ3) is 3.31. The van der Waals surface area contributed by atoms with Crippen molar-refractivity contribution in [3.63, 3.8) is 0 Å². The monoisotopic (exact) mass is 384 g/mol. The lowest BCUT2D eigenvalue weighted by Gasteiger charge is -2.13. The van der Waals surface area contributed by atoms with Gasteiger partial charge in [0, 0.05) is 11.3 Å². The minimum atomic E-state index is -0.419. The highest BCUT2D eigenvalue weighted by Gasteiger charge is 2.37. The molecule has 4 rings (SSSR count). The minimum Gasteiger partial charge on any atom is -0.322 e. The van der Waals surface area contributed by atoms with Crippen molar-refractivity contribution in [3.8, 4) is 0 Å². The number of nitrogens with one attached hydrogen (secondary N) is 1. The second-order valence-corrected chi connectivity index (χ2v) is 7.01. The van der Waals surface area contributed by atoms with E-state index in [0.29, 0.717) is 16.8 Å². The van der Waals surface area contributed by atoms with Crippen LogP contribution in [0.5, 0.6) is 0 Å². The summed E-state index contributed by atoms with van der Waals surface area (Å²) in [7, 11) is 0. The van der Waals surface area contributed by atoms with Crippen LogP contribution in [0.4, 0.5) is 11.4 Å². The molecule has 0 saturated heterocycles. The van der Waals surface area contributed by atoms with E-state index < -0.39 is 5.91 Å². The third-order valence-corrected chi connectivity index (χ3v) is 5.09. The van der Waals surface area contributed by atoms with Gasteiger partial charge in [-0.05, 0) is 55.3 Å². The van der Waals surface area contributed by atoms with Crippen molar-refractivity contribution in [3.05, 3.63) is 94.5 Å². The molecule has 5 nitrogen and oxygen atoms in total. The maximum Gasteiger partial charge on any atom is 0.266 e. The van der Waals surface area contributed by atoms with Crippen LogP contribution in [0.2, 0.25) is 0 Å². The molecule has 3 aromatic rings. The zero-order chi connectivity index (χ0) is 20.5. The average Bonchev–Trinajstić information content (AvgIpc) is 2.99. The quantitative estimate of drug-likeness (QED) is 0.668. The predicted octanol–water partition coefficient (Wildman–Crippen LogP) is 4.61. The highest BCUT2D eigenvalue weighted by atomic mass is 16.2. The summed E-state index contributed by atoms with van der Waals surface area (Å²) in [6.45, 7) is 3.96. The highest BCUT2D eigenvalue weighted by Crippen LogP contribution is 2.29. The van der Waals surface area contributed by atoms with Crippen LogP contribution in [-0.2, 0) is 6.42 Å². The number of fused-ring (bicyclic) bond motifs is 1. The van der Waals surface area contributed by atoms with Crippen LogP contribution in [0.1, 0.15) is 49.1 Å². The zero-order valence-corrected chi connectivity index (χ0v) is 16.2. The Morgan fingerprint density at radius 1 is 0.897 bits per heavy atom. The van der Waals surface area contributed by atoms with Gasteiger partial charge in [0.05, 0.1) is 16.8 Å². The summed E-state index contributed by atoms with van der Waals surface area (Å²) in [5, 5.41) is 2.90. The van der Waals surface area contributed by atoms with Crippen molar-refractivity contribution in [2.45, 2.75) is 20.3 Å². The second-order valence-electron chi connectivity index (χ2n) is 7.01. The lowest BCUT2D eigenvalue weighted by atomic mass is 10.0. The Hall–Kier alpha value is -3.73. The number of hydrogen-bond acceptors (Lipinski definition) is 3. The molecule has 3 aromatic carbocycles. The Labute approximate surface area is 169 Å². The zero-order valence-electron chi connectivity index (χ0n) is 16.2. The summed E-state index contributed by atoms with van der Waals surface area (Å²) in [6.07, 6.45) is 0.791. The largest absolute Gasteiger partial charge is 0.322 e. The fourth-order valence-electron chi connectivity index (χ4n) is 3.46. The molecule has 0 unspecified atom stereocenters. The van der Waals surface area contributed by atoms with E-state index in [1.165, 1.54) is 6.07 Å². The van der Waals surface area contributed by atoms with E-state index in [1.54, 1.807) is 24.3 Å². The van der Waals surface area contributed by atoms with E-state index in [9.17, 15) is 14.4 Å². The highest BCUT2D eigenvalue weighted by molar-refractivity contribution is 6.34. The molecule has 0 spiro atoms. The van der Waals surface area contributed by atoms with E-state index in [2.05, 4.69) is 5.32 Å². The molecule has 0 aliphatic carbocycles. The second kappa shape index (κ2) is 7.36. The number of anilines is 2. The molecular weight excluding hydrogens is 364 g/mol. The molecule has 1 heterocycles. The Bertz CT molecular complexity index is 1130. The van der Waals surface area contributed by atoms with Crippen molar-refractivity contribution < 1.29 is 14.4 Å². The van der Waals surface area contributed by atoms with Gasteiger partial charge in [0.2, 0.25) is 0 Å². The van der Waals surface area contributed by atoms with E-state index in [4.69, 9.17) is 0 Å². The molecular formula is C24H20N2O3. The van der Waals surface area contributed by atoms with Crippen molar-refractivity contribution in [2.24, 2.45) is 0 Å². The molecule has 0 saturated carbocycles. The number of carbonyl (C=O) groups is 3.